The molecule has 0 unspecified atom stereocenters. The summed E-state index contributed by atoms with van der Waals surface area (Å²) < 4.78 is 6.56. The number of unbranched alkanes of at least 4 members (excludes halogenated alkanes) is 3. The number of quaternary nitrogens is 1. The molecule has 204 valence electrons. The summed E-state index contributed by atoms with van der Waals surface area (Å²) in [4.78, 5) is 43.9. The van der Waals surface area contributed by atoms with Gasteiger partial charge in [-0.05, 0) is 56.2 Å². The summed E-state index contributed by atoms with van der Waals surface area (Å²) in [5.41, 5.74) is 0.783. The molecule has 0 aliphatic carbocycles. The van der Waals surface area contributed by atoms with Crippen LogP contribution in [-0.2, 0) is 14.4 Å². The lowest BCUT2D eigenvalue weighted by Gasteiger charge is -2.41. The van der Waals surface area contributed by atoms with Gasteiger partial charge in [0.05, 0.1) is 46.3 Å². The number of aliphatic hydroxyl groups excluding tert-OH is 1. The molecule has 3 heterocycles. The van der Waals surface area contributed by atoms with E-state index < -0.39 is 24.0 Å². The lowest BCUT2D eigenvalue weighted by Crippen LogP contribution is -2.60. The summed E-state index contributed by atoms with van der Waals surface area (Å²) in [7, 11) is 6.58. The molecule has 0 aromatic heterocycles. The summed E-state index contributed by atoms with van der Waals surface area (Å²) in [5.74, 6) is -0.132. The Labute approximate surface area is 220 Å². The highest BCUT2D eigenvalue weighted by Crippen LogP contribution is 2.46. The highest BCUT2D eigenvalue weighted by molar-refractivity contribution is 5.99. The van der Waals surface area contributed by atoms with Gasteiger partial charge in [0.2, 0.25) is 17.7 Å². The first-order valence-corrected chi connectivity index (χ1v) is 13.8. The van der Waals surface area contributed by atoms with Crippen LogP contribution in [0, 0.1) is 5.92 Å². The maximum Gasteiger partial charge on any atom is 0.246 e. The average molecular weight is 516 g/mol. The first kappa shape index (κ1) is 27.4. The first-order chi connectivity index (χ1) is 17.7. The van der Waals surface area contributed by atoms with Crippen molar-refractivity contribution in [2.75, 3.05) is 54.0 Å². The van der Waals surface area contributed by atoms with E-state index in [1.807, 2.05) is 18.2 Å². The predicted molar refractivity (Wildman–Crippen MR) is 140 cm³/mol. The maximum atomic E-state index is 13.6. The Balaban J connectivity index is 1.47. The van der Waals surface area contributed by atoms with Crippen LogP contribution in [0.2, 0.25) is 0 Å². The van der Waals surface area contributed by atoms with Crippen molar-refractivity contribution in [3.8, 4) is 5.75 Å². The molecule has 3 amide bonds. The molecule has 3 aliphatic heterocycles. The van der Waals surface area contributed by atoms with Crippen molar-refractivity contribution in [3.63, 3.8) is 0 Å². The second kappa shape index (κ2) is 11.8. The number of rotatable bonds is 12. The number of amides is 3. The van der Waals surface area contributed by atoms with Crippen LogP contribution in [0.4, 0.5) is 0 Å². The molecule has 4 rings (SSSR count). The van der Waals surface area contributed by atoms with Gasteiger partial charge in [0.25, 0.3) is 0 Å². The van der Waals surface area contributed by atoms with Gasteiger partial charge in [-0.25, -0.2) is 0 Å². The van der Waals surface area contributed by atoms with Crippen molar-refractivity contribution in [1.82, 2.24) is 15.1 Å². The van der Waals surface area contributed by atoms with Crippen molar-refractivity contribution >= 4 is 17.7 Å². The number of nitrogens with zero attached hydrogens (tertiary/aromatic N) is 3. The number of aliphatic hydroxyl groups is 1. The van der Waals surface area contributed by atoms with Gasteiger partial charge < -0.3 is 29.4 Å². The zero-order valence-corrected chi connectivity index (χ0v) is 22.5. The molecule has 3 fully saturated rings. The Kier molecular flexibility index (Phi) is 8.75. The third-order valence-electron chi connectivity index (χ3n) is 7.81. The molecular weight excluding hydrogens is 472 g/mol. The molecule has 0 radical (unpaired) electrons. The lowest BCUT2D eigenvalue weighted by molar-refractivity contribution is -0.870. The van der Waals surface area contributed by atoms with Crippen LogP contribution in [0.15, 0.2) is 24.3 Å². The van der Waals surface area contributed by atoms with E-state index in [0.717, 1.165) is 48.7 Å². The lowest BCUT2D eigenvalue weighted by atomic mass is 9.92. The SMILES string of the molecule is C[N+](C)(C)CCCCCCNC(=O)[C@@H]1C[C@@H]2C(=O)N3CCC[C@H]3C(=O)N2[C@@H]1c1cccc(OCCO)c1. The summed E-state index contributed by atoms with van der Waals surface area (Å²) >= 11 is 0. The van der Waals surface area contributed by atoms with Crippen LogP contribution in [0.3, 0.4) is 0 Å². The Bertz CT molecular complexity index is 978. The van der Waals surface area contributed by atoms with Crippen LogP contribution in [-0.4, -0.2) is 103 Å². The highest BCUT2D eigenvalue weighted by atomic mass is 16.5. The average Bonchev–Trinajstić information content (AvgIpc) is 3.51. The van der Waals surface area contributed by atoms with Gasteiger partial charge in [0.15, 0.2) is 0 Å². The quantitative estimate of drug-likeness (QED) is 0.326. The fourth-order valence-electron chi connectivity index (χ4n) is 6.03. The van der Waals surface area contributed by atoms with Crippen LogP contribution in [0.5, 0.6) is 5.75 Å². The number of benzene rings is 1. The zero-order valence-electron chi connectivity index (χ0n) is 22.5. The molecule has 2 N–H and O–H groups in total. The largest absolute Gasteiger partial charge is 0.491 e. The molecule has 4 atom stereocenters. The molecule has 9 heteroatoms. The van der Waals surface area contributed by atoms with E-state index in [4.69, 9.17) is 9.84 Å². The molecule has 0 saturated carbocycles. The first-order valence-electron chi connectivity index (χ1n) is 13.8. The smallest absolute Gasteiger partial charge is 0.246 e. The zero-order chi connectivity index (χ0) is 26.6. The molecule has 9 nitrogen and oxygen atoms in total. The minimum Gasteiger partial charge on any atom is -0.491 e. The van der Waals surface area contributed by atoms with Gasteiger partial charge in [-0.1, -0.05) is 18.6 Å². The van der Waals surface area contributed by atoms with E-state index in [1.165, 1.54) is 0 Å². The van der Waals surface area contributed by atoms with Gasteiger partial charge in [0, 0.05) is 13.1 Å². The summed E-state index contributed by atoms with van der Waals surface area (Å²) in [5, 5.41) is 12.2. The molecular formula is C28H43N4O5+. The number of piperazine rings is 1. The van der Waals surface area contributed by atoms with E-state index in [2.05, 4.69) is 26.5 Å². The van der Waals surface area contributed by atoms with Crippen LogP contribution >= 0.6 is 0 Å². The molecule has 0 spiro atoms. The topological polar surface area (TPSA) is 99.2 Å². The number of ether oxygens (including phenoxy) is 1. The third-order valence-corrected chi connectivity index (χ3v) is 7.81. The van der Waals surface area contributed by atoms with Crippen LogP contribution in [0.25, 0.3) is 0 Å². The van der Waals surface area contributed by atoms with Gasteiger partial charge in [-0.3, -0.25) is 14.4 Å². The number of nitrogens with one attached hydrogen (secondary N) is 1. The third kappa shape index (κ3) is 6.26. The van der Waals surface area contributed by atoms with E-state index in [0.29, 0.717) is 31.7 Å². The van der Waals surface area contributed by atoms with Crippen LogP contribution < -0.4 is 10.1 Å². The van der Waals surface area contributed by atoms with Gasteiger partial charge in [0.1, 0.15) is 24.4 Å². The summed E-state index contributed by atoms with van der Waals surface area (Å²) in [6.45, 7) is 2.39. The van der Waals surface area contributed by atoms with Crippen molar-refractivity contribution < 1.29 is 28.7 Å². The summed E-state index contributed by atoms with van der Waals surface area (Å²) in [6, 6.07) is 5.79. The second-order valence-electron chi connectivity index (χ2n) is 11.6. The monoisotopic (exact) mass is 515 g/mol. The van der Waals surface area contributed by atoms with Crippen molar-refractivity contribution in [3.05, 3.63) is 29.8 Å². The van der Waals surface area contributed by atoms with E-state index >= 15 is 0 Å². The molecule has 3 aliphatic rings. The standard InChI is InChI=1S/C28H42N4O5/c1-32(2,3)15-7-5-4-6-13-29-26(34)22-19-24-27(35)30-14-9-12-23(30)28(36)31(24)25(22)20-10-8-11-21(18-20)37-17-16-33/h8,10-11,18,22-25,33H,4-7,9,12-17,19H2,1-3H3/p+1/t22-,23+,24-,25-/m1/s1. The Morgan fingerprint density at radius 1 is 1.11 bits per heavy atom. The fourth-order valence-corrected chi connectivity index (χ4v) is 6.03. The normalized spacial score (nSPS) is 25.3. The molecule has 3 saturated heterocycles. The number of fused-ring (bicyclic) bond motifs is 2. The number of hydrogen-bond acceptors (Lipinski definition) is 5. The predicted octanol–water partition coefficient (Wildman–Crippen LogP) is 1.70. The maximum absolute atomic E-state index is 13.6. The van der Waals surface area contributed by atoms with Gasteiger partial charge in [-0.15, -0.1) is 0 Å². The number of carbonyl (C=O) groups excluding carboxylic acids is 3. The second-order valence-corrected chi connectivity index (χ2v) is 11.6. The van der Waals surface area contributed by atoms with Crippen molar-refractivity contribution in [2.45, 2.75) is 63.1 Å². The fraction of sp³-hybridized carbons (Fsp3) is 0.679. The minimum atomic E-state index is -0.611. The molecule has 1 aromatic carbocycles. The van der Waals surface area contributed by atoms with Gasteiger partial charge in [-0.2, -0.15) is 0 Å². The van der Waals surface area contributed by atoms with Crippen molar-refractivity contribution in [1.29, 1.82) is 0 Å². The summed E-state index contributed by atoms with van der Waals surface area (Å²) in [6.07, 6.45) is 6.09. The molecule has 1 aromatic rings. The molecule has 37 heavy (non-hydrogen) atoms. The molecule has 0 bridgehead atoms. The Hall–Kier alpha value is -2.65. The van der Waals surface area contributed by atoms with E-state index in [9.17, 15) is 14.4 Å². The van der Waals surface area contributed by atoms with E-state index in [-0.39, 0.29) is 30.9 Å². The highest BCUT2D eigenvalue weighted by Gasteiger charge is 2.57. The van der Waals surface area contributed by atoms with Gasteiger partial charge >= 0.3 is 0 Å². The van der Waals surface area contributed by atoms with E-state index in [1.54, 1.807) is 15.9 Å². The number of carbonyl (C=O) groups is 3. The Morgan fingerprint density at radius 3 is 2.65 bits per heavy atom. The van der Waals surface area contributed by atoms with Crippen molar-refractivity contribution in [2.24, 2.45) is 5.92 Å². The number of hydrogen-bond donors (Lipinski definition) is 2. The Morgan fingerprint density at radius 2 is 1.89 bits per heavy atom. The minimum absolute atomic E-state index is 0.0349. The van der Waals surface area contributed by atoms with Crippen LogP contribution in [0.1, 0.15) is 56.6 Å².